The topological polar surface area (TPSA) is 42.0 Å². The second-order valence-corrected chi connectivity index (χ2v) is 4.64. The van der Waals surface area contributed by atoms with Crippen molar-refractivity contribution in [2.75, 3.05) is 6.54 Å². The summed E-state index contributed by atoms with van der Waals surface area (Å²) >= 11 is 0. The van der Waals surface area contributed by atoms with E-state index in [2.05, 4.69) is 17.2 Å². The van der Waals surface area contributed by atoms with Gasteiger partial charge in [-0.3, -0.25) is 4.79 Å². The maximum Gasteiger partial charge on any atom is 0.433 e. The first-order chi connectivity index (χ1) is 9.36. The molecule has 0 aliphatic carbocycles. The summed E-state index contributed by atoms with van der Waals surface area (Å²) in [7, 11) is 0. The average molecular weight is 288 g/mol. The zero-order chi connectivity index (χ0) is 15.2. The maximum atomic E-state index is 12.5. The lowest BCUT2D eigenvalue weighted by atomic mass is 10.1. The van der Waals surface area contributed by atoms with Gasteiger partial charge in [0.05, 0.1) is 11.3 Å². The van der Waals surface area contributed by atoms with Crippen molar-refractivity contribution >= 4 is 5.91 Å². The second-order valence-electron chi connectivity index (χ2n) is 4.64. The lowest BCUT2D eigenvalue weighted by Crippen LogP contribution is -2.26. The second kappa shape index (κ2) is 7.26. The van der Waals surface area contributed by atoms with Crippen LogP contribution in [0.15, 0.2) is 12.1 Å². The van der Waals surface area contributed by atoms with Crippen LogP contribution in [0.1, 0.15) is 54.4 Å². The van der Waals surface area contributed by atoms with Gasteiger partial charge in [0.25, 0.3) is 5.91 Å². The van der Waals surface area contributed by atoms with Gasteiger partial charge >= 0.3 is 6.18 Å². The van der Waals surface area contributed by atoms with E-state index in [1.807, 2.05) is 0 Å². The molecule has 0 bridgehead atoms. The third-order valence-corrected chi connectivity index (χ3v) is 2.94. The van der Waals surface area contributed by atoms with Crippen molar-refractivity contribution in [2.24, 2.45) is 0 Å². The molecule has 3 nitrogen and oxygen atoms in total. The number of unbranched alkanes of at least 4 members (excludes halogenated alkanes) is 3. The first-order valence-electron chi connectivity index (χ1n) is 6.69. The average Bonchev–Trinajstić information content (AvgIpc) is 2.37. The maximum absolute atomic E-state index is 12.5. The van der Waals surface area contributed by atoms with Crippen LogP contribution in [0.5, 0.6) is 0 Å². The summed E-state index contributed by atoms with van der Waals surface area (Å²) in [5.74, 6) is -0.375. The highest BCUT2D eigenvalue weighted by Crippen LogP contribution is 2.28. The van der Waals surface area contributed by atoms with Crippen LogP contribution in [0.25, 0.3) is 0 Å². The molecule has 6 heteroatoms. The number of rotatable bonds is 6. The molecule has 1 aromatic rings. The number of alkyl halides is 3. The molecule has 1 aromatic heterocycles. The number of aromatic nitrogens is 1. The Balaban J connectivity index is 2.61. The smallest absolute Gasteiger partial charge is 0.352 e. The van der Waals surface area contributed by atoms with E-state index < -0.39 is 11.9 Å². The first kappa shape index (κ1) is 16.5. The Labute approximate surface area is 116 Å². The van der Waals surface area contributed by atoms with Crippen molar-refractivity contribution in [1.82, 2.24) is 10.3 Å². The molecule has 20 heavy (non-hydrogen) atoms. The van der Waals surface area contributed by atoms with Crippen LogP contribution in [0, 0.1) is 6.92 Å². The molecule has 0 atom stereocenters. The molecule has 0 aliphatic rings. The number of carbonyl (C=O) groups excluding carboxylic acids is 1. The predicted molar refractivity (Wildman–Crippen MR) is 70.5 cm³/mol. The lowest BCUT2D eigenvalue weighted by molar-refractivity contribution is -0.141. The van der Waals surface area contributed by atoms with Gasteiger partial charge in [0, 0.05) is 6.54 Å². The van der Waals surface area contributed by atoms with Gasteiger partial charge in [0.15, 0.2) is 0 Å². The van der Waals surface area contributed by atoms with Crippen LogP contribution in [0.2, 0.25) is 0 Å². The molecule has 0 radical (unpaired) electrons. The number of pyridine rings is 1. The Morgan fingerprint density at radius 1 is 1.25 bits per heavy atom. The summed E-state index contributed by atoms with van der Waals surface area (Å²) in [6.45, 7) is 4.02. The SMILES string of the molecule is CCCCCCNC(=O)c1ccc(C(F)(F)F)nc1C. The van der Waals surface area contributed by atoms with Gasteiger partial charge in [-0.05, 0) is 25.5 Å². The number of hydrogen-bond acceptors (Lipinski definition) is 2. The summed E-state index contributed by atoms with van der Waals surface area (Å²) in [6.07, 6.45) is -0.375. The Kier molecular flexibility index (Phi) is 5.98. The summed E-state index contributed by atoms with van der Waals surface area (Å²) in [6, 6.07) is 2.01. The number of hydrogen-bond donors (Lipinski definition) is 1. The van der Waals surface area contributed by atoms with E-state index in [4.69, 9.17) is 0 Å². The highest BCUT2D eigenvalue weighted by Gasteiger charge is 2.32. The molecular formula is C14H19F3N2O. The largest absolute Gasteiger partial charge is 0.433 e. The van der Waals surface area contributed by atoms with Gasteiger partial charge in [-0.2, -0.15) is 13.2 Å². The standard InChI is InChI=1S/C14H19F3N2O/c1-3-4-5-6-9-18-13(20)11-7-8-12(14(15,16)17)19-10(11)2/h7-8H,3-6,9H2,1-2H3,(H,18,20). The number of halogens is 3. The summed E-state index contributed by atoms with van der Waals surface area (Å²) in [4.78, 5) is 15.3. The third kappa shape index (κ3) is 4.83. The molecule has 0 saturated carbocycles. The number of nitrogens with zero attached hydrogens (tertiary/aromatic N) is 1. The van der Waals surface area contributed by atoms with Crippen molar-refractivity contribution in [3.63, 3.8) is 0 Å². The van der Waals surface area contributed by atoms with Gasteiger partial charge in [0.1, 0.15) is 5.69 Å². The molecule has 112 valence electrons. The Morgan fingerprint density at radius 2 is 1.95 bits per heavy atom. The Morgan fingerprint density at radius 3 is 2.50 bits per heavy atom. The fourth-order valence-corrected chi connectivity index (χ4v) is 1.81. The molecule has 1 rings (SSSR count). The van der Waals surface area contributed by atoms with Gasteiger partial charge in [-0.1, -0.05) is 26.2 Å². The minimum Gasteiger partial charge on any atom is -0.352 e. The fourth-order valence-electron chi connectivity index (χ4n) is 1.81. The normalized spacial score (nSPS) is 11.4. The van der Waals surface area contributed by atoms with Crippen LogP contribution >= 0.6 is 0 Å². The van der Waals surface area contributed by atoms with Crippen molar-refractivity contribution < 1.29 is 18.0 Å². The van der Waals surface area contributed by atoms with E-state index in [0.717, 1.165) is 31.7 Å². The summed E-state index contributed by atoms with van der Waals surface area (Å²) in [5.41, 5.74) is -0.700. The molecule has 1 amide bonds. The van der Waals surface area contributed by atoms with Crippen LogP contribution in [0.3, 0.4) is 0 Å². The van der Waals surface area contributed by atoms with Gasteiger partial charge in [0.2, 0.25) is 0 Å². The third-order valence-electron chi connectivity index (χ3n) is 2.94. The molecule has 0 unspecified atom stereocenters. The number of amides is 1. The lowest BCUT2D eigenvalue weighted by Gasteiger charge is -2.10. The molecule has 1 N–H and O–H groups in total. The Bertz CT molecular complexity index is 458. The monoisotopic (exact) mass is 288 g/mol. The molecule has 0 fully saturated rings. The molecule has 0 aliphatic heterocycles. The van der Waals surface area contributed by atoms with E-state index >= 15 is 0 Å². The number of aryl methyl sites for hydroxylation is 1. The van der Waals surface area contributed by atoms with E-state index in [1.54, 1.807) is 0 Å². The molecule has 0 saturated heterocycles. The van der Waals surface area contributed by atoms with Crippen LogP contribution in [-0.4, -0.2) is 17.4 Å². The van der Waals surface area contributed by atoms with Crippen molar-refractivity contribution in [1.29, 1.82) is 0 Å². The van der Waals surface area contributed by atoms with Crippen molar-refractivity contribution in [2.45, 2.75) is 45.7 Å². The highest BCUT2D eigenvalue weighted by molar-refractivity contribution is 5.95. The van der Waals surface area contributed by atoms with E-state index in [1.165, 1.54) is 13.0 Å². The van der Waals surface area contributed by atoms with Gasteiger partial charge in [-0.25, -0.2) is 4.98 Å². The van der Waals surface area contributed by atoms with Crippen LogP contribution in [-0.2, 0) is 6.18 Å². The van der Waals surface area contributed by atoms with Crippen molar-refractivity contribution in [3.05, 3.63) is 29.1 Å². The molecular weight excluding hydrogens is 269 g/mol. The zero-order valence-electron chi connectivity index (χ0n) is 11.7. The quantitative estimate of drug-likeness (QED) is 0.811. The van der Waals surface area contributed by atoms with Crippen molar-refractivity contribution in [3.8, 4) is 0 Å². The predicted octanol–water partition coefficient (Wildman–Crippen LogP) is 3.72. The van der Waals surface area contributed by atoms with E-state index in [0.29, 0.717) is 6.54 Å². The van der Waals surface area contributed by atoms with Gasteiger partial charge < -0.3 is 5.32 Å². The molecule has 0 aromatic carbocycles. The summed E-state index contributed by atoms with van der Waals surface area (Å²) in [5, 5.41) is 2.70. The molecule has 1 heterocycles. The Hall–Kier alpha value is -1.59. The minimum absolute atomic E-state index is 0.0888. The highest BCUT2D eigenvalue weighted by atomic mass is 19.4. The van der Waals surface area contributed by atoms with E-state index in [9.17, 15) is 18.0 Å². The van der Waals surface area contributed by atoms with Crippen LogP contribution in [0.4, 0.5) is 13.2 Å². The summed E-state index contributed by atoms with van der Waals surface area (Å²) < 4.78 is 37.4. The van der Waals surface area contributed by atoms with E-state index in [-0.39, 0.29) is 17.2 Å². The van der Waals surface area contributed by atoms with Gasteiger partial charge in [-0.15, -0.1) is 0 Å². The van der Waals surface area contributed by atoms with Crippen LogP contribution < -0.4 is 5.32 Å². The molecule has 0 spiro atoms. The zero-order valence-corrected chi connectivity index (χ0v) is 11.7. The minimum atomic E-state index is -4.49. The fraction of sp³-hybridized carbons (Fsp3) is 0.571. The number of nitrogens with one attached hydrogen (secondary N) is 1. The first-order valence-corrected chi connectivity index (χ1v) is 6.69. The number of carbonyl (C=O) groups is 1.